The molecular formula is C16H11Cl2N5O. The molecule has 0 aliphatic carbocycles. The average Bonchev–Trinajstić information content (AvgIpc) is 2.89. The van der Waals surface area contributed by atoms with Crippen molar-refractivity contribution in [3.05, 3.63) is 68.6 Å². The molecule has 24 heavy (non-hydrogen) atoms. The summed E-state index contributed by atoms with van der Waals surface area (Å²) in [7, 11) is 0. The van der Waals surface area contributed by atoms with Gasteiger partial charge in [0.2, 0.25) is 5.65 Å². The summed E-state index contributed by atoms with van der Waals surface area (Å²) >= 11 is 12.1. The van der Waals surface area contributed by atoms with Crippen LogP contribution in [0.25, 0.3) is 16.7 Å². The van der Waals surface area contributed by atoms with Crippen molar-refractivity contribution in [3.8, 4) is 0 Å². The molecule has 0 spiro atoms. The lowest BCUT2D eigenvalue weighted by Gasteiger charge is -2.04. The topological polar surface area (TPSA) is 78.2 Å². The van der Waals surface area contributed by atoms with Crippen LogP contribution in [0.5, 0.6) is 0 Å². The van der Waals surface area contributed by atoms with Crippen molar-refractivity contribution < 1.29 is 0 Å². The predicted octanol–water partition coefficient (Wildman–Crippen LogP) is 2.98. The molecule has 0 aliphatic rings. The van der Waals surface area contributed by atoms with Crippen LogP contribution >= 0.6 is 23.2 Å². The molecule has 8 heteroatoms. The van der Waals surface area contributed by atoms with Crippen LogP contribution in [0, 0.1) is 0 Å². The molecule has 0 aliphatic heterocycles. The Labute approximate surface area is 146 Å². The van der Waals surface area contributed by atoms with Crippen LogP contribution < -0.4 is 11.4 Å². The smallest absolute Gasteiger partial charge is 0.351 e. The number of fused-ring (bicyclic) bond motifs is 3. The number of nitrogens with two attached hydrogens (primary N) is 1. The molecule has 2 aromatic carbocycles. The van der Waals surface area contributed by atoms with E-state index in [-0.39, 0.29) is 11.5 Å². The Bertz CT molecular complexity index is 1130. The highest BCUT2D eigenvalue weighted by Gasteiger charge is 2.16. The first-order chi connectivity index (χ1) is 11.5. The first-order valence-corrected chi connectivity index (χ1v) is 7.88. The molecule has 4 aromatic rings. The van der Waals surface area contributed by atoms with Gasteiger partial charge in [0.1, 0.15) is 0 Å². The zero-order chi connectivity index (χ0) is 16.8. The molecule has 0 bridgehead atoms. The fourth-order valence-corrected chi connectivity index (χ4v) is 2.94. The second-order valence-corrected chi connectivity index (χ2v) is 6.15. The number of halogens is 2. The van der Waals surface area contributed by atoms with Crippen LogP contribution in [0.2, 0.25) is 10.0 Å². The quantitative estimate of drug-likeness (QED) is 0.596. The van der Waals surface area contributed by atoms with Gasteiger partial charge >= 0.3 is 5.69 Å². The highest BCUT2D eigenvalue weighted by Crippen LogP contribution is 2.28. The number of nitrogens with zero attached hydrogens (tertiary/aromatic N) is 4. The second kappa shape index (κ2) is 5.51. The van der Waals surface area contributed by atoms with Crippen LogP contribution in [0.15, 0.2) is 47.3 Å². The van der Waals surface area contributed by atoms with Crippen molar-refractivity contribution in [3.63, 3.8) is 0 Å². The summed E-state index contributed by atoms with van der Waals surface area (Å²) in [6.45, 7) is 0.337. The van der Waals surface area contributed by atoms with Gasteiger partial charge in [0.25, 0.3) is 0 Å². The average molecular weight is 360 g/mol. The fraction of sp³-hybridized carbons (Fsp3) is 0.0625. The van der Waals surface area contributed by atoms with Gasteiger partial charge < -0.3 is 5.73 Å². The molecule has 120 valence electrons. The van der Waals surface area contributed by atoms with E-state index in [1.54, 1.807) is 12.1 Å². The lowest BCUT2D eigenvalue weighted by molar-refractivity contribution is 0.660. The van der Waals surface area contributed by atoms with Crippen molar-refractivity contribution in [1.82, 2.24) is 19.2 Å². The first-order valence-electron chi connectivity index (χ1n) is 7.12. The van der Waals surface area contributed by atoms with E-state index in [0.717, 1.165) is 5.56 Å². The van der Waals surface area contributed by atoms with E-state index in [1.807, 2.05) is 30.3 Å². The van der Waals surface area contributed by atoms with Gasteiger partial charge in [-0.3, -0.25) is 0 Å². The summed E-state index contributed by atoms with van der Waals surface area (Å²) in [6, 6.07) is 12.7. The molecule has 6 nitrogen and oxygen atoms in total. The van der Waals surface area contributed by atoms with E-state index in [0.29, 0.717) is 33.3 Å². The number of benzene rings is 2. The number of aromatic nitrogens is 4. The predicted molar refractivity (Wildman–Crippen MR) is 94.7 cm³/mol. The third-order valence-electron chi connectivity index (χ3n) is 3.74. The molecule has 0 saturated carbocycles. The molecule has 2 N–H and O–H groups in total. The molecule has 0 fully saturated rings. The molecule has 0 atom stereocenters. The van der Waals surface area contributed by atoms with Gasteiger partial charge in [-0.15, -0.1) is 5.10 Å². The van der Waals surface area contributed by atoms with Crippen LogP contribution in [-0.2, 0) is 6.54 Å². The minimum Gasteiger partial charge on any atom is -0.381 e. The summed E-state index contributed by atoms with van der Waals surface area (Å²) < 4.78 is 2.76. The fourth-order valence-electron chi connectivity index (χ4n) is 2.62. The van der Waals surface area contributed by atoms with E-state index < -0.39 is 0 Å². The molecule has 4 rings (SSSR count). The third-order valence-corrected chi connectivity index (χ3v) is 4.47. The summed E-state index contributed by atoms with van der Waals surface area (Å²) in [6.07, 6.45) is 0. The number of nitrogen functional groups attached to an aromatic ring is 1. The monoisotopic (exact) mass is 359 g/mol. The zero-order valence-corrected chi connectivity index (χ0v) is 13.8. The molecule has 0 amide bonds. The highest BCUT2D eigenvalue weighted by atomic mass is 35.5. The molecule has 0 unspecified atom stereocenters. The minimum absolute atomic E-state index is 0.157. The Kier molecular flexibility index (Phi) is 3.44. The van der Waals surface area contributed by atoms with Crippen molar-refractivity contribution in [2.75, 3.05) is 5.73 Å². The Balaban J connectivity index is 2.01. The second-order valence-electron chi connectivity index (χ2n) is 5.34. The third kappa shape index (κ3) is 2.31. The molecule has 0 radical (unpaired) electrons. The van der Waals surface area contributed by atoms with E-state index >= 15 is 0 Å². The normalized spacial score (nSPS) is 11.4. The van der Waals surface area contributed by atoms with Gasteiger partial charge in [0.15, 0.2) is 5.82 Å². The van der Waals surface area contributed by atoms with E-state index in [2.05, 4.69) is 10.1 Å². The molecule has 0 saturated heterocycles. The number of rotatable bonds is 2. The minimum atomic E-state index is -0.314. The van der Waals surface area contributed by atoms with Gasteiger partial charge in [0, 0.05) is 0 Å². The molecule has 2 aromatic heterocycles. The highest BCUT2D eigenvalue weighted by molar-refractivity contribution is 6.42. The van der Waals surface area contributed by atoms with Crippen LogP contribution in [0.4, 0.5) is 5.82 Å². The van der Waals surface area contributed by atoms with E-state index in [9.17, 15) is 4.79 Å². The SMILES string of the molecule is Nc1nc2cc(Cl)c(Cl)cc2n2c(=O)n(Cc3ccccc3)nc12. The van der Waals surface area contributed by atoms with Crippen molar-refractivity contribution >= 4 is 45.7 Å². The standard InChI is InChI=1S/C16H11Cl2N5O/c17-10-6-12-13(7-11(10)18)23-15(14(19)20-12)21-22(16(23)24)8-9-4-2-1-3-5-9/h1-7H,8H2,(H2,19,20). The Hall–Kier alpha value is -2.57. The van der Waals surface area contributed by atoms with Gasteiger partial charge in [-0.25, -0.2) is 18.9 Å². The number of hydrogen-bond donors (Lipinski definition) is 1. The van der Waals surface area contributed by atoms with Crippen LogP contribution in [0.3, 0.4) is 0 Å². The maximum absolute atomic E-state index is 12.8. The summed E-state index contributed by atoms with van der Waals surface area (Å²) in [5.41, 5.74) is 7.90. The zero-order valence-electron chi connectivity index (χ0n) is 12.3. The largest absolute Gasteiger partial charge is 0.381 e. The summed E-state index contributed by atoms with van der Waals surface area (Å²) in [5.74, 6) is 0.157. The van der Waals surface area contributed by atoms with Gasteiger partial charge in [-0.1, -0.05) is 53.5 Å². The van der Waals surface area contributed by atoms with E-state index in [4.69, 9.17) is 28.9 Å². The summed E-state index contributed by atoms with van der Waals surface area (Å²) in [4.78, 5) is 17.1. The maximum Gasteiger partial charge on any atom is 0.351 e. The van der Waals surface area contributed by atoms with Gasteiger partial charge in [-0.2, -0.15) is 0 Å². The number of hydrogen-bond acceptors (Lipinski definition) is 4. The lowest BCUT2D eigenvalue weighted by atomic mass is 10.2. The van der Waals surface area contributed by atoms with E-state index in [1.165, 1.54) is 9.08 Å². The lowest BCUT2D eigenvalue weighted by Crippen LogP contribution is -2.22. The maximum atomic E-state index is 12.8. The molecule has 2 heterocycles. The molecular weight excluding hydrogens is 349 g/mol. The van der Waals surface area contributed by atoms with Crippen molar-refractivity contribution in [1.29, 1.82) is 0 Å². The van der Waals surface area contributed by atoms with Crippen molar-refractivity contribution in [2.24, 2.45) is 0 Å². The summed E-state index contributed by atoms with van der Waals surface area (Å²) in [5, 5.41) is 4.99. The number of anilines is 1. The van der Waals surface area contributed by atoms with Crippen LogP contribution in [0.1, 0.15) is 5.56 Å². The Morgan fingerprint density at radius 1 is 1.08 bits per heavy atom. The Morgan fingerprint density at radius 3 is 2.54 bits per heavy atom. The van der Waals surface area contributed by atoms with Crippen LogP contribution in [-0.4, -0.2) is 19.2 Å². The van der Waals surface area contributed by atoms with Crippen molar-refractivity contribution in [2.45, 2.75) is 6.54 Å². The van der Waals surface area contributed by atoms with Gasteiger partial charge in [0.05, 0.1) is 27.6 Å². The first kappa shape index (κ1) is 15.0. The van der Waals surface area contributed by atoms with Gasteiger partial charge in [-0.05, 0) is 17.7 Å². The Morgan fingerprint density at radius 2 is 1.79 bits per heavy atom.